The normalized spacial score (nSPS) is 10.4. The summed E-state index contributed by atoms with van der Waals surface area (Å²) in [6, 6.07) is 8.67. The molecular formula is C15H14BrClFNO. The van der Waals surface area contributed by atoms with Gasteiger partial charge in [0.25, 0.3) is 0 Å². The molecule has 0 aliphatic heterocycles. The molecule has 0 atom stereocenters. The summed E-state index contributed by atoms with van der Waals surface area (Å²) in [7, 11) is 1.60. The quantitative estimate of drug-likeness (QED) is 0.814. The van der Waals surface area contributed by atoms with Gasteiger partial charge in [-0.15, -0.1) is 0 Å². The first kappa shape index (κ1) is 15.1. The van der Waals surface area contributed by atoms with Crippen LogP contribution in [-0.4, -0.2) is 7.11 Å². The van der Waals surface area contributed by atoms with Gasteiger partial charge in [-0.1, -0.05) is 17.7 Å². The Bertz CT molecular complexity index is 634. The summed E-state index contributed by atoms with van der Waals surface area (Å²) < 4.78 is 19.3. The Hall–Kier alpha value is -1.26. The standard InChI is InChI=1S/C15H14BrClFNO/c1-9-6-11(16)13(18)7-14(9)19-8-10-12(17)4-3-5-15(10)20-2/h3-7,19H,8H2,1-2H3. The van der Waals surface area contributed by atoms with E-state index in [2.05, 4.69) is 21.2 Å². The van der Waals surface area contributed by atoms with E-state index in [4.69, 9.17) is 16.3 Å². The van der Waals surface area contributed by atoms with E-state index >= 15 is 0 Å². The number of hydrogen-bond donors (Lipinski definition) is 1. The molecule has 0 fully saturated rings. The lowest BCUT2D eigenvalue weighted by Crippen LogP contribution is -2.04. The molecule has 0 aliphatic carbocycles. The highest BCUT2D eigenvalue weighted by Crippen LogP contribution is 2.29. The highest BCUT2D eigenvalue weighted by Gasteiger charge is 2.09. The maximum Gasteiger partial charge on any atom is 0.139 e. The Morgan fingerprint density at radius 1 is 1.35 bits per heavy atom. The van der Waals surface area contributed by atoms with Crippen molar-refractivity contribution in [3.8, 4) is 5.75 Å². The second-order valence-corrected chi connectivity index (χ2v) is 5.62. The number of rotatable bonds is 4. The van der Waals surface area contributed by atoms with Crippen LogP contribution in [0.25, 0.3) is 0 Å². The minimum atomic E-state index is -0.302. The summed E-state index contributed by atoms with van der Waals surface area (Å²) in [5.74, 6) is 0.407. The number of benzene rings is 2. The van der Waals surface area contributed by atoms with Gasteiger partial charge < -0.3 is 10.1 Å². The molecule has 0 saturated heterocycles. The fraction of sp³-hybridized carbons (Fsp3) is 0.200. The van der Waals surface area contributed by atoms with Crippen LogP contribution in [0.1, 0.15) is 11.1 Å². The largest absolute Gasteiger partial charge is 0.496 e. The predicted octanol–water partition coefficient (Wildman–Crippen LogP) is 5.17. The predicted molar refractivity (Wildman–Crippen MR) is 84.2 cm³/mol. The van der Waals surface area contributed by atoms with Gasteiger partial charge in [-0.25, -0.2) is 4.39 Å². The van der Waals surface area contributed by atoms with Crippen molar-refractivity contribution in [1.82, 2.24) is 0 Å². The van der Waals surface area contributed by atoms with Gasteiger partial charge in [-0.3, -0.25) is 0 Å². The third-order valence-corrected chi connectivity index (χ3v) is 3.98. The van der Waals surface area contributed by atoms with Crippen molar-refractivity contribution in [3.63, 3.8) is 0 Å². The lowest BCUT2D eigenvalue weighted by molar-refractivity contribution is 0.410. The number of anilines is 1. The van der Waals surface area contributed by atoms with E-state index in [-0.39, 0.29) is 5.82 Å². The van der Waals surface area contributed by atoms with Crippen molar-refractivity contribution in [2.75, 3.05) is 12.4 Å². The first-order valence-electron chi connectivity index (χ1n) is 6.04. The number of hydrogen-bond acceptors (Lipinski definition) is 2. The van der Waals surface area contributed by atoms with Gasteiger partial charge in [0.2, 0.25) is 0 Å². The van der Waals surface area contributed by atoms with Gasteiger partial charge in [0, 0.05) is 22.8 Å². The monoisotopic (exact) mass is 357 g/mol. The van der Waals surface area contributed by atoms with Crippen LogP contribution < -0.4 is 10.1 Å². The highest BCUT2D eigenvalue weighted by atomic mass is 79.9. The maximum atomic E-state index is 13.6. The van der Waals surface area contributed by atoms with Gasteiger partial charge in [0.1, 0.15) is 11.6 Å². The molecule has 5 heteroatoms. The zero-order valence-corrected chi connectivity index (χ0v) is 13.5. The molecular weight excluding hydrogens is 345 g/mol. The summed E-state index contributed by atoms with van der Waals surface area (Å²) >= 11 is 9.34. The van der Waals surface area contributed by atoms with Crippen molar-refractivity contribution >= 4 is 33.2 Å². The molecule has 0 aliphatic rings. The molecule has 0 aromatic heterocycles. The molecule has 0 saturated carbocycles. The first-order chi connectivity index (χ1) is 9.52. The molecule has 2 rings (SSSR count). The van der Waals surface area contributed by atoms with E-state index in [1.165, 1.54) is 6.07 Å². The fourth-order valence-corrected chi connectivity index (χ4v) is 2.61. The molecule has 2 nitrogen and oxygen atoms in total. The maximum absolute atomic E-state index is 13.6. The fourth-order valence-electron chi connectivity index (χ4n) is 1.92. The van der Waals surface area contributed by atoms with E-state index in [1.54, 1.807) is 19.2 Å². The molecule has 2 aromatic rings. The van der Waals surface area contributed by atoms with Gasteiger partial charge in [-0.05, 0) is 52.7 Å². The second kappa shape index (κ2) is 6.46. The van der Waals surface area contributed by atoms with Crippen molar-refractivity contribution in [2.24, 2.45) is 0 Å². The molecule has 0 spiro atoms. The molecule has 1 N–H and O–H groups in total. The lowest BCUT2D eigenvalue weighted by atomic mass is 10.1. The minimum Gasteiger partial charge on any atom is -0.496 e. The van der Waals surface area contributed by atoms with Crippen molar-refractivity contribution in [1.29, 1.82) is 0 Å². The van der Waals surface area contributed by atoms with Crippen LogP contribution in [0, 0.1) is 12.7 Å². The third kappa shape index (κ3) is 3.25. The number of aryl methyl sites for hydroxylation is 1. The highest BCUT2D eigenvalue weighted by molar-refractivity contribution is 9.10. The topological polar surface area (TPSA) is 21.3 Å². The molecule has 0 radical (unpaired) electrons. The zero-order chi connectivity index (χ0) is 14.7. The van der Waals surface area contributed by atoms with Crippen molar-refractivity contribution in [2.45, 2.75) is 13.5 Å². The van der Waals surface area contributed by atoms with Crippen molar-refractivity contribution < 1.29 is 9.13 Å². The third-order valence-electron chi connectivity index (χ3n) is 3.02. The summed E-state index contributed by atoms with van der Waals surface area (Å²) in [6.07, 6.45) is 0. The molecule has 0 bridgehead atoms. The van der Waals surface area contributed by atoms with E-state index in [9.17, 15) is 4.39 Å². The Labute approximate surface area is 131 Å². The van der Waals surface area contributed by atoms with Gasteiger partial charge in [0.15, 0.2) is 0 Å². The SMILES string of the molecule is COc1cccc(Cl)c1CNc1cc(F)c(Br)cc1C. The Kier molecular flexibility index (Phi) is 4.89. The summed E-state index contributed by atoms with van der Waals surface area (Å²) in [6.45, 7) is 2.38. The van der Waals surface area contributed by atoms with E-state index < -0.39 is 0 Å². The Morgan fingerprint density at radius 2 is 2.10 bits per heavy atom. The number of halogens is 3. The van der Waals surface area contributed by atoms with Crippen LogP contribution in [0.3, 0.4) is 0 Å². The number of ether oxygens (including phenoxy) is 1. The second-order valence-electron chi connectivity index (χ2n) is 4.36. The smallest absolute Gasteiger partial charge is 0.139 e. The van der Waals surface area contributed by atoms with Gasteiger partial charge in [0.05, 0.1) is 11.6 Å². The van der Waals surface area contributed by atoms with E-state index in [0.717, 1.165) is 16.8 Å². The minimum absolute atomic E-state index is 0.302. The number of methoxy groups -OCH3 is 1. The van der Waals surface area contributed by atoms with Crippen LogP contribution >= 0.6 is 27.5 Å². The zero-order valence-electron chi connectivity index (χ0n) is 11.1. The molecule has 20 heavy (non-hydrogen) atoms. The van der Waals surface area contributed by atoms with Crippen LogP contribution in [-0.2, 0) is 6.54 Å². The average molecular weight is 359 g/mol. The Morgan fingerprint density at radius 3 is 2.80 bits per heavy atom. The van der Waals surface area contributed by atoms with E-state index in [0.29, 0.717) is 21.8 Å². The molecule has 106 valence electrons. The Balaban J connectivity index is 2.23. The number of nitrogens with one attached hydrogen (secondary N) is 1. The van der Waals surface area contributed by atoms with Crippen LogP contribution in [0.15, 0.2) is 34.8 Å². The van der Waals surface area contributed by atoms with Gasteiger partial charge in [-0.2, -0.15) is 0 Å². The first-order valence-corrected chi connectivity index (χ1v) is 7.21. The summed E-state index contributed by atoms with van der Waals surface area (Å²) in [5.41, 5.74) is 2.52. The van der Waals surface area contributed by atoms with Crippen LogP contribution in [0.5, 0.6) is 5.75 Å². The molecule has 2 aromatic carbocycles. The van der Waals surface area contributed by atoms with Crippen molar-refractivity contribution in [3.05, 3.63) is 56.8 Å². The summed E-state index contributed by atoms with van der Waals surface area (Å²) in [5, 5.41) is 3.81. The van der Waals surface area contributed by atoms with Crippen LogP contribution in [0.2, 0.25) is 5.02 Å². The summed E-state index contributed by atoms with van der Waals surface area (Å²) in [4.78, 5) is 0. The van der Waals surface area contributed by atoms with Crippen LogP contribution in [0.4, 0.5) is 10.1 Å². The molecule has 0 unspecified atom stereocenters. The molecule has 0 amide bonds. The molecule has 0 heterocycles. The van der Waals surface area contributed by atoms with E-state index in [1.807, 2.05) is 19.1 Å². The van der Waals surface area contributed by atoms with Gasteiger partial charge >= 0.3 is 0 Å². The lowest BCUT2D eigenvalue weighted by Gasteiger charge is -2.14. The average Bonchev–Trinajstić information content (AvgIpc) is 2.42.